The van der Waals surface area contributed by atoms with E-state index in [1.165, 1.54) is 12.8 Å². The highest BCUT2D eigenvalue weighted by atomic mass is 16.1. The fourth-order valence-corrected chi connectivity index (χ4v) is 2.56. The summed E-state index contributed by atoms with van der Waals surface area (Å²) in [5.41, 5.74) is 3.01. The molecule has 3 heteroatoms. The SMILES string of the molecule is O=C(Nc1cnc2ccccc2c1C#CC1CC1)c1ccccc1. The first-order chi connectivity index (χ1) is 11.8. The minimum Gasteiger partial charge on any atom is -0.320 e. The average Bonchev–Trinajstić information content (AvgIpc) is 3.46. The van der Waals surface area contributed by atoms with Crippen LogP contribution in [0.2, 0.25) is 0 Å². The Morgan fingerprint density at radius 3 is 2.58 bits per heavy atom. The van der Waals surface area contributed by atoms with Crippen LogP contribution in [0.5, 0.6) is 0 Å². The highest BCUT2D eigenvalue weighted by Crippen LogP contribution is 2.29. The molecule has 116 valence electrons. The maximum absolute atomic E-state index is 12.5. The lowest BCUT2D eigenvalue weighted by atomic mass is 10.1. The molecule has 4 rings (SSSR count). The summed E-state index contributed by atoms with van der Waals surface area (Å²) in [6, 6.07) is 17.0. The first kappa shape index (κ1) is 14.5. The van der Waals surface area contributed by atoms with Gasteiger partial charge in [0.1, 0.15) is 0 Å². The van der Waals surface area contributed by atoms with E-state index >= 15 is 0 Å². The van der Waals surface area contributed by atoms with Gasteiger partial charge in [0.2, 0.25) is 0 Å². The molecule has 0 radical (unpaired) electrons. The molecule has 1 heterocycles. The standard InChI is InChI=1S/C21H16N2O/c24-21(16-6-2-1-3-7-16)23-20-14-22-19-9-5-4-8-17(19)18(20)13-12-15-10-11-15/h1-9,14-15H,10-11H2,(H,23,24). The Kier molecular flexibility index (Phi) is 3.72. The zero-order valence-corrected chi connectivity index (χ0v) is 13.1. The molecule has 3 aromatic rings. The van der Waals surface area contributed by atoms with Gasteiger partial charge in [-0.3, -0.25) is 9.78 Å². The van der Waals surface area contributed by atoms with Crippen LogP contribution in [0.1, 0.15) is 28.8 Å². The van der Waals surface area contributed by atoms with Crippen molar-refractivity contribution in [2.75, 3.05) is 5.32 Å². The molecule has 1 saturated carbocycles. The Bertz CT molecular complexity index is 963. The molecule has 2 aromatic carbocycles. The maximum Gasteiger partial charge on any atom is 0.255 e. The van der Waals surface area contributed by atoms with Gasteiger partial charge in [0.15, 0.2) is 0 Å². The fourth-order valence-electron chi connectivity index (χ4n) is 2.56. The first-order valence-corrected chi connectivity index (χ1v) is 8.07. The van der Waals surface area contributed by atoms with E-state index in [1.807, 2.05) is 42.5 Å². The van der Waals surface area contributed by atoms with Gasteiger partial charge in [-0.2, -0.15) is 0 Å². The van der Waals surface area contributed by atoms with Crippen LogP contribution >= 0.6 is 0 Å². The molecule has 1 N–H and O–H groups in total. The summed E-state index contributed by atoms with van der Waals surface area (Å²) in [4.78, 5) is 16.9. The molecule has 0 aliphatic heterocycles. The third-order valence-corrected chi connectivity index (χ3v) is 4.04. The Morgan fingerprint density at radius 2 is 1.79 bits per heavy atom. The van der Waals surface area contributed by atoms with Gasteiger partial charge in [-0.05, 0) is 31.0 Å². The lowest BCUT2D eigenvalue weighted by Gasteiger charge is -2.10. The number of pyridine rings is 1. The molecule has 1 aliphatic rings. The van der Waals surface area contributed by atoms with E-state index in [0.717, 1.165) is 16.5 Å². The predicted octanol–water partition coefficient (Wildman–Crippen LogP) is 4.25. The van der Waals surface area contributed by atoms with Crippen LogP contribution in [-0.2, 0) is 0 Å². The van der Waals surface area contributed by atoms with Gasteiger partial charge in [0, 0.05) is 16.9 Å². The number of fused-ring (bicyclic) bond motifs is 1. The molecular weight excluding hydrogens is 296 g/mol. The van der Waals surface area contributed by atoms with E-state index in [0.29, 0.717) is 17.2 Å². The van der Waals surface area contributed by atoms with E-state index < -0.39 is 0 Å². The van der Waals surface area contributed by atoms with Crippen LogP contribution in [0.4, 0.5) is 5.69 Å². The number of carbonyl (C=O) groups is 1. The summed E-state index contributed by atoms with van der Waals surface area (Å²) in [7, 11) is 0. The van der Waals surface area contributed by atoms with Crippen LogP contribution in [0, 0.1) is 17.8 Å². The zero-order valence-electron chi connectivity index (χ0n) is 13.1. The third kappa shape index (κ3) is 3.00. The van der Waals surface area contributed by atoms with Crippen LogP contribution in [-0.4, -0.2) is 10.9 Å². The summed E-state index contributed by atoms with van der Waals surface area (Å²) in [5.74, 6) is 6.90. The molecule has 24 heavy (non-hydrogen) atoms. The number of amides is 1. The molecule has 1 aromatic heterocycles. The number of rotatable bonds is 2. The Morgan fingerprint density at radius 1 is 1.04 bits per heavy atom. The second-order valence-electron chi connectivity index (χ2n) is 5.93. The average molecular weight is 312 g/mol. The number of hydrogen-bond donors (Lipinski definition) is 1. The number of aromatic nitrogens is 1. The zero-order chi connectivity index (χ0) is 16.4. The highest BCUT2D eigenvalue weighted by molar-refractivity contribution is 6.06. The fraction of sp³-hybridized carbons (Fsp3) is 0.143. The van der Waals surface area contributed by atoms with Crippen molar-refractivity contribution in [3.8, 4) is 11.8 Å². The van der Waals surface area contributed by atoms with Crippen LogP contribution in [0.25, 0.3) is 10.9 Å². The van der Waals surface area contributed by atoms with Crippen molar-refractivity contribution >= 4 is 22.5 Å². The van der Waals surface area contributed by atoms with Gasteiger partial charge < -0.3 is 5.32 Å². The minimum absolute atomic E-state index is 0.151. The molecule has 1 aliphatic carbocycles. The molecule has 0 atom stereocenters. The Hall–Kier alpha value is -3.12. The minimum atomic E-state index is -0.151. The van der Waals surface area contributed by atoms with Crippen molar-refractivity contribution in [1.29, 1.82) is 0 Å². The number of nitrogens with zero attached hydrogens (tertiary/aromatic N) is 1. The van der Waals surface area contributed by atoms with Gasteiger partial charge in [-0.15, -0.1) is 0 Å². The smallest absolute Gasteiger partial charge is 0.255 e. The van der Waals surface area contributed by atoms with Crippen LogP contribution in [0.15, 0.2) is 60.8 Å². The van der Waals surface area contributed by atoms with Crippen molar-refractivity contribution in [1.82, 2.24) is 4.98 Å². The van der Waals surface area contributed by atoms with Gasteiger partial charge in [0.05, 0.1) is 23.0 Å². The molecule has 0 bridgehead atoms. The topological polar surface area (TPSA) is 42.0 Å². The predicted molar refractivity (Wildman–Crippen MR) is 95.7 cm³/mol. The summed E-state index contributed by atoms with van der Waals surface area (Å²) in [5, 5.41) is 3.93. The molecule has 1 fully saturated rings. The van der Waals surface area contributed by atoms with Crippen molar-refractivity contribution < 1.29 is 4.79 Å². The van der Waals surface area contributed by atoms with Gasteiger partial charge >= 0.3 is 0 Å². The van der Waals surface area contributed by atoms with Crippen molar-refractivity contribution in [3.63, 3.8) is 0 Å². The largest absolute Gasteiger partial charge is 0.320 e. The van der Waals surface area contributed by atoms with E-state index in [1.54, 1.807) is 18.3 Å². The van der Waals surface area contributed by atoms with Crippen molar-refractivity contribution in [3.05, 3.63) is 71.9 Å². The number of carbonyl (C=O) groups excluding carboxylic acids is 1. The normalized spacial score (nSPS) is 13.2. The molecule has 3 nitrogen and oxygen atoms in total. The van der Waals surface area contributed by atoms with Gasteiger partial charge in [-0.25, -0.2) is 0 Å². The molecule has 0 spiro atoms. The summed E-state index contributed by atoms with van der Waals surface area (Å²) >= 11 is 0. The van der Waals surface area contributed by atoms with Crippen molar-refractivity contribution in [2.24, 2.45) is 5.92 Å². The van der Waals surface area contributed by atoms with E-state index in [9.17, 15) is 4.79 Å². The number of anilines is 1. The Labute approximate surface area is 140 Å². The third-order valence-electron chi connectivity index (χ3n) is 4.04. The summed E-state index contributed by atoms with van der Waals surface area (Å²) < 4.78 is 0. The van der Waals surface area contributed by atoms with Crippen LogP contribution < -0.4 is 5.32 Å². The second-order valence-corrected chi connectivity index (χ2v) is 5.93. The lowest BCUT2D eigenvalue weighted by Crippen LogP contribution is -2.13. The number of para-hydroxylation sites is 1. The maximum atomic E-state index is 12.5. The van der Waals surface area contributed by atoms with Crippen molar-refractivity contribution in [2.45, 2.75) is 12.8 Å². The summed E-state index contributed by atoms with van der Waals surface area (Å²) in [6.07, 6.45) is 4.03. The molecule has 0 unspecified atom stereocenters. The van der Waals surface area contributed by atoms with E-state index in [4.69, 9.17) is 0 Å². The number of hydrogen-bond acceptors (Lipinski definition) is 2. The highest BCUT2D eigenvalue weighted by Gasteiger charge is 2.18. The number of benzene rings is 2. The van der Waals surface area contributed by atoms with E-state index in [-0.39, 0.29) is 5.91 Å². The van der Waals surface area contributed by atoms with E-state index in [2.05, 4.69) is 22.1 Å². The first-order valence-electron chi connectivity index (χ1n) is 8.07. The lowest BCUT2D eigenvalue weighted by molar-refractivity contribution is 0.102. The van der Waals surface area contributed by atoms with Crippen LogP contribution in [0.3, 0.4) is 0 Å². The molecular formula is C21H16N2O. The summed E-state index contributed by atoms with van der Waals surface area (Å²) in [6.45, 7) is 0. The molecule has 1 amide bonds. The molecule has 0 saturated heterocycles. The van der Waals surface area contributed by atoms with Gasteiger partial charge in [0.25, 0.3) is 5.91 Å². The quantitative estimate of drug-likeness (QED) is 0.719. The van der Waals surface area contributed by atoms with Gasteiger partial charge in [-0.1, -0.05) is 48.2 Å². The monoisotopic (exact) mass is 312 g/mol. The number of nitrogens with one attached hydrogen (secondary N) is 1. The second kappa shape index (κ2) is 6.17. The Balaban J connectivity index is 1.75.